The molecule has 138 valence electrons. The van der Waals surface area contributed by atoms with Gasteiger partial charge in [0.25, 0.3) is 5.22 Å². The zero-order chi connectivity index (χ0) is 17.8. The van der Waals surface area contributed by atoms with Crippen molar-refractivity contribution in [2.75, 3.05) is 0 Å². The van der Waals surface area contributed by atoms with Crippen LogP contribution in [0.25, 0.3) is 10.8 Å². The lowest BCUT2D eigenvalue weighted by atomic mass is 9.49. The van der Waals surface area contributed by atoms with Crippen molar-refractivity contribution >= 4 is 22.5 Å². The first-order valence-corrected chi connectivity index (χ1v) is 11.2. The highest BCUT2D eigenvalue weighted by molar-refractivity contribution is 7.98. The van der Waals surface area contributed by atoms with Crippen molar-refractivity contribution in [2.24, 2.45) is 17.8 Å². The summed E-state index contributed by atoms with van der Waals surface area (Å²) in [7, 11) is 0. The third kappa shape index (κ3) is 2.72. The minimum absolute atomic E-state index is 0.194. The fourth-order valence-electron chi connectivity index (χ4n) is 6.41. The number of benzene rings is 2. The summed E-state index contributed by atoms with van der Waals surface area (Å²) in [6, 6.07) is 15.1. The van der Waals surface area contributed by atoms with E-state index >= 15 is 0 Å². The lowest BCUT2D eigenvalue weighted by Crippen LogP contribution is -2.48. The summed E-state index contributed by atoms with van der Waals surface area (Å²) in [5.41, 5.74) is 1.52. The molecule has 4 fully saturated rings. The number of thioether (sulfide) groups is 1. The van der Waals surface area contributed by atoms with Crippen LogP contribution in [-0.4, -0.2) is 10.2 Å². The van der Waals surface area contributed by atoms with Gasteiger partial charge in [0.05, 0.1) is 0 Å². The molecule has 0 saturated heterocycles. The Morgan fingerprint density at radius 2 is 1.59 bits per heavy atom. The molecule has 3 nitrogen and oxygen atoms in total. The second kappa shape index (κ2) is 6.10. The average molecular weight is 377 g/mol. The molecule has 4 aliphatic carbocycles. The highest BCUT2D eigenvalue weighted by Crippen LogP contribution is 2.60. The lowest BCUT2D eigenvalue weighted by molar-refractivity contribution is -0.0191. The van der Waals surface area contributed by atoms with Crippen LogP contribution in [-0.2, 0) is 11.2 Å². The molecule has 0 N–H and O–H groups in total. The van der Waals surface area contributed by atoms with E-state index in [1.807, 2.05) is 0 Å². The summed E-state index contributed by atoms with van der Waals surface area (Å²) in [4.78, 5) is 0. The zero-order valence-corrected chi connectivity index (χ0v) is 16.3. The van der Waals surface area contributed by atoms with Gasteiger partial charge >= 0.3 is 0 Å². The predicted octanol–water partition coefficient (Wildman–Crippen LogP) is 5.98. The first kappa shape index (κ1) is 16.2. The maximum Gasteiger partial charge on any atom is 0.276 e. The molecule has 4 saturated carbocycles. The fourth-order valence-corrected chi connectivity index (χ4v) is 7.18. The summed E-state index contributed by atoms with van der Waals surface area (Å²) in [6.45, 7) is 0. The van der Waals surface area contributed by atoms with E-state index in [2.05, 4.69) is 52.7 Å². The molecule has 1 aromatic heterocycles. The van der Waals surface area contributed by atoms with E-state index < -0.39 is 0 Å². The van der Waals surface area contributed by atoms with E-state index in [1.54, 1.807) is 11.8 Å². The van der Waals surface area contributed by atoms with E-state index in [0.29, 0.717) is 0 Å². The van der Waals surface area contributed by atoms with Gasteiger partial charge in [0.1, 0.15) is 0 Å². The van der Waals surface area contributed by atoms with Gasteiger partial charge in [0.15, 0.2) is 0 Å². The molecule has 0 spiro atoms. The monoisotopic (exact) mass is 376 g/mol. The summed E-state index contributed by atoms with van der Waals surface area (Å²) >= 11 is 1.67. The van der Waals surface area contributed by atoms with Crippen LogP contribution in [0.15, 0.2) is 52.1 Å². The third-order valence-corrected chi connectivity index (χ3v) is 8.00. The molecule has 0 amide bonds. The quantitative estimate of drug-likeness (QED) is 0.525. The van der Waals surface area contributed by atoms with Gasteiger partial charge in [-0.3, -0.25) is 0 Å². The molecule has 0 unspecified atom stereocenters. The van der Waals surface area contributed by atoms with Gasteiger partial charge in [-0.25, -0.2) is 0 Å². The van der Waals surface area contributed by atoms with Crippen molar-refractivity contribution in [3.05, 3.63) is 53.9 Å². The summed E-state index contributed by atoms with van der Waals surface area (Å²) in [5, 5.41) is 12.3. The number of aromatic nitrogens is 2. The number of nitrogens with zero attached hydrogens (tertiary/aromatic N) is 2. The largest absolute Gasteiger partial charge is 0.415 e. The average Bonchev–Trinajstić information content (AvgIpc) is 3.15. The Labute approximate surface area is 163 Å². The molecule has 4 heteroatoms. The van der Waals surface area contributed by atoms with Crippen molar-refractivity contribution in [3.8, 4) is 0 Å². The van der Waals surface area contributed by atoms with Crippen molar-refractivity contribution < 1.29 is 4.42 Å². The van der Waals surface area contributed by atoms with E-state index in [1.165, 1.54) is 54.9 Å². The van der Waals surface area contributed by atoms with Gasteiger partial charge in [0.2, 0.25) is 5.89 Å². The second-order valence-corrected chi connectivity index (χ2v) is 9.92. The highest BCUT2D eigenvalue weighted by Gasteiger charge is 2.54. The third-order valence-electron chi connectivity index (χ3n) is 7.13. The topological polar surface area (TPSA) is 38.9 Å². The van der Waals surface area contributed by atoms with Gasteiger partial charge < -0.3 is 4.42 Å². The van der Waals surface area contributed by atoms with Crippen LogP contribution in [0.1, 0.15) is 50.0 Å². The number of hydrogen-bond donors (Lipinski definition) is 0. The molecular weight excluding hydrogens is 352 g/mol. The molecule has 0 aliphatic heterocycles. The maximum atomic E-state index is 6.24. The van der Waals surface area contributed by atoms with Crippen molar-refractivity contribution in [1.29, 1.82) is 0 Å². The Kier molecular flexibility index (Phi) is 3.65. The fraction of sp³-hybridized carbons (Fsp3) is 0.478. The Morgan fingerprint density at radius 1 is 0.889 bits per heavy atom. The van der Waals surface area contributed by atoms with E-state index in [4.69, 9.17) is 4.42 Å². The number of hydrogen-bond acceptors (Lipinski definition) is 4. The molecule has 0 atom stereocenters. The Morgan fingerprint density at radius 3 is 2.37 bits per heavy atom. The van der Waals surface area contributed by atoms with Gasteiger partial charge in [0, 0.05) is 11.2 Å². The molecule has 3 aromatic rings. The summed E-state index contributed by atoms with van der Waals surface area (Å²) in [6.07, 6.45) is 8.14. The van der Waals surface area contributed by atoms with E-state index in [0.717, 1.165) is 34.6 Å². The molecule has 2 aromatic carbocycles. The minimum atomic E-state index is 0.194. The zero-order valence-electron chi connectivity index (χ0n) is 15.4. The van der Waals surface area contributed by atoms with Crippen molar-refractivity contribution in [3.63, 3.8) is 0 Å². The van der Waals surface area contributed by atoms with Crippen molar-refractivity contribution in [2.45, 2.75) is 54.9 Å². The Bertz CT molecular complexity index is 954. The first-order chi connectivity index (χ1) is 13.3. The summed E-state index contributed by atoms with van der Waals surface area (Å²) in [5.74, 6) is 4.49. The van der Waals surface area contributed by atoms with Crippen LogP contribution in [0.5, 0.6) is 0 Å². The van der Waals surface area contributed by atoms with Crippen LogP contribution >= 0.6 is 11.8 Å². The van der Waals surface area contributed by atoms with Gasteiger partial charge in [-0.2, -0.15) is 0 Å². The van der Waals surface area contributed by atoms with Crippen LogP contribution in [0.3, 0.4) is 0 Å². The maximum absolute atomic E-state index is 6.24. The summed E-state index contributed by atoms with van der Waals surface area (Å²) < 4.78 is 6.24. The van der Waals surface area contributed by atoms with Crippen LogP contribution in [0.4, 0.5) is 0 Å². The molecule has 0 radical (unpaired) electrons. The molecule has 4 bridgehead atoms. The standard InChI is InChI=1S/C23H24N2OS/c1-2-7-20-18(4-1)5-3-6-19(20)14-27-22-25-24-21(26-22)23-11-15-8-16(12-23)10-17(9-15)13-23/h1-7,15-17H,8-14H2. The van der Waals surface area contributed by atoms with Crippen LogP contribution in [0, 0.1) is 17.8 Å². The highest BCUT2D eigenvalue weighted by atomic mass is 32.2. The smallest absolute Gasteiger partial charge is 0.276 e. The van der Waals surface area contributed by atoms with Crippen molar-refractivity contribution in [1.82, 2.24) is 10.2 Å². The first-order valence-electron chi connectivity index (χ1n) is 10.2. The number of rotatable bonds is 4. The SMILES string of the molecule is c1ccc2c(CSc3nnc(C45CC6CC(CC(C6)C4)C5)o3)cccc2c1. The minimum Gasteiger partial charge on any atom is -0.415 e. The van der Waals surface area contributed by atoms with E-state index in [-0.39, 0.29) is 5.41 Å². The molecule has 1 heterocycles. The molecule has 27 heavy (non-hydrogen) atoms. The molecule has 4 aliphatic rings. The molecule has 7 rings (SSSR count). The van der Waals surface area contributed by atoms with Crippen LogP contribution < -0.4 is 0 Å². The second-order valence-electron chi connectivity index (χ2n) is 9.00. The Balaban J connectivity index is 1.23. The van der Waals surface area contributed by atoms with Gasteiger partial charge in [-0.1, -0.05) is 54.2 Å². The number of fused-ring (bicyclic) bond motifs is 1. The van der Waals surface area contributed by atoms with Gasteiger partial charge in [-0.05, 0) is 72.6 Å². The molecular formula is C23H24N2OS. The normalized spacial score (nSPS) is 31.6. The predicted molar refractivity (Wildman–Crippen MR) is 108 cm³/mol. The van der Waals surface area contributed by atoms with Gasteiger partial charge in [-0.15, -0.1) is 10.2 Å². The lowest BCUT2D eigenvalue weighted by Gasteiger charge is -2.55. The Hall–Kier alpha value is -1.81. The van der Waals surface area contributed by atoms with E-state index in [9.17, 15) is 0 Å². The van der Waals surface area contributed by atoms with Crippen LogP contribution in [0.2, 0.25) is 0 Å².